The zero-order valence-electron chi connectivity index (χ0n) is 11.4. The second-order valence-corrected chi connectivity index (χ2v) is 5.30. The summed E-state index contributed by atoms with van der Waals surface area (Å²) < 4.78 is 16.6. The maximum absolute atomic E-state index is 6.28. The van der Waals surface area contributed by atoms with Gasteiger partial charge in [0.15, 0.2) is 11.5 Å². The molecular weight excluding hydrogens is 280 g/mol. The van der Waals surface area contributed by atoms with Crippen molar-refractivity contribution in [1.82, 2.24) is 10.4 Å². The third-order valence-electron chi connectivity index (χ3n) is 3.38. The van der Waals surface area contributed by atoms with Gasteiger partial charge in [0, 0.05) is 26.1 Å². The van der Waals surface area contributed by atoms with Crippen LogP contribution < -0.4 is 14.9 Å². The summed E-state index contributed by atoms with van der Waals surface area (Å²) in [6, 6.07) is 3.93. The van der Waals surface area contributed by atoms with Crippen LogP contribution in [0.25, 0.3) is 0 Å². The number of hydrogen-bond acceptors (Lipinski definition) is 5. The maximum Gasteiger partial charge on any atom is 0.179 e. The van der Waals surface area contributed by atoms with Crippen LogP contribution >= 0.6 is 11.6 Å². The molecule has 0 amide bonds. The fourth-order valence-electron chi connectivity index (χ4n) is 2.31. The molecule has 2 heterocycles. The van der Waals surface area contributed by atoms with Crippen LogP contribution in [0.15, 0.2) is 12.1 Å². The summed E-state index contributed by atoms with van der Waals surface area (Å²) in [5.74, 6) is 1.41. The molecule has 3 rings (SSSR count). The predicted molar refractivity (Wildman–Crippen MR) is 76.3 cm³/mol. The Bertz CT molecular complexity index is 464. The highest BCUT2D eigenvalue weighted by Gasteiger charge is 2.16. The van der Waals surface area contributed by atoms with Gasteiger partial charge in [-0.2, -0.15) is 0 Å². The van der Waals surface area contributed by atoms with Gasteiger partial charge in [-0.05, 0) is 17.7 Å². The number of morpholine rings is 1. The predicted octanol–water partition coefficient (Wildman–Crippen LogP) is 1.84. The quantitative estimate of drug-likeness (QED) is 0.922. The molecule has 0 radical (unpaired) electrons. The van der Waals surface area contributed by atoms with E-state index in [0.29, 0.717) is 24.0 Å². The first kappa shape index (κ1) is 13.9. The highest BCUT2D eigenvalue weighted by Crippen LogP contribution is 2.37. The summed E-state index contributed by atoms with van der Waals surface area (Å²) in [7, 11) is 0. The summed E-state index contributed by atoms with van der Waals surface area (Å²) >= 11 is 6.28. The normalized spacial score (nSPS) is 19.6. The van der Waals surface area contributed by atoms with Crippen molar-refractivity contribution in [1.29, 1.82) is 0 Å². The van der Waals surface area contributed by atoms with Gasteiger partial charge in [0.1, 0.15) is 0 Å². The van der Waals surface area contributed by atoms with Gasteiger partial charge in [-0.3, -0.25) is 5.43 Å². The third-order valence-corrected chi connectivity index (χ3v) is 3.66. The molecule has 20 heavy (non-hydrogen) atoms. The molecule has 1 fully saturated rings. The highest BCUT2D eigenvalue weighted by molar-refractivity contribution is 6.32. The van der Waals surface area contributed by atoms with E-state index in [1.54, 1.807) is 0 Å². The standard InChI is InChI=1S/C14H19ClN2O3/c15-12-8-11(10-16-17-2-6-18-7-3-17)9-13-14(12)20-5-1-4-19-13/h8-9,16H,1-7,10H2. The molecule has 0 aliphatic carbocycles. The van der Waals surface area contributed by atoms with Crippen molar-refractivity contribution >= 4 is 11.6 Å². The Morgan fingerprint density at radius 3 is 2.75 bits per heavy atom. The zero-order valence-corrected chi connectivity index (χ0v) is 12.1. The van der Waals surface area contributed by atoms with Crippen LogP contribution in [0, 0.1) is 0 Å². The maximum atomic E-state index is 6.28. The number of ether oxygens (including phenoxy) is 3. The Morgan fingerprint density at radius 2 is 1.90 bits per heavy atom. The van der Waals surface area contributed by atoms with Crippen molar-refractivity contribution in [2.75, 3.05) is 39.5 Å². The molecule has 0 bridgehead atoms. The molecule has 0 spiro atoms. The summed E-state index contributed by atoms with van der Waals surface area (Å²) in [5, 5.41) is 2.78. The Labute approximate surface area is 123 Å². The highest BCUT2D eigenvalue weighted by atomic mass is 35.5. The van der Waals surface area contributed by atoms with Crippen molar-refractivity contribution in [3.63, 3.8) is 0 Å². The van der Waals surface area contributed by atoms with Gasteiger partial charge < -0.3 is 14.2 Å². The summed E-state index contributed by atoms with van der Waals surface area (Å²) in [4.78, 5) is 0. The topological polar surface area (TPSA) is 43.0 Å². The van der Waals surface area contributed by atoms with E-state index in [0.717, 1.165) is 50.6 Å². The number of fused-ring (bicyclic) bond motifs is 1. The molecule has 5 nitrogen and oxygen atoms in total. The van der Waals surface area contributed by atoms with E-state index in [1.807, 2.05) is 12.1 Å². The van der Waals surface area contributed by atoms with Crippen LogP contribution in [0.4, 0.5) is 0 Å². The molecule has 1 saturated heterocycles. The number of halogens is 1. The smallest absolute Gasteiger partial charge is 0.179 e. The minimum atomic E-state index is 0.614. The van der Waals surface area contributed by atoms with E-state index < -0.39 is 0 Å². The lowest BCUT2D eigenvalue weighted by Crippen LogP contribution is -2.45. The van der Waals surface area contributed by atoms with Crippen LogP contribution in [0.2, 0.25) is 5.02 Å². The molecule has 0 saturated carbocycles. The van der Waals surface area contributed by atoms with E-state index in [4.69, 9.17) is 25.8 Å². The largest absolute Gasteiger partial charge is 0.489 e. The molecule has 0 atom stereocenters. The average Bonchev–Trinajstić information content (AvgIpc) is 2.72. The summed E-state index contributed by atoms with van der Waals surface area (Å²) in [6.07, 6.45) is 0.881. The lowest BCUT2D eigenvalue weighted by molar-refractivity contribution is 0.0105. The zero-order chi connectivity index (χ0) is 13.8. The first-order chi connectivity index (χ1) is 9.83. The Morgan fingerprint density at radius 1 is 1.10 bits per heavy atom. The van der Waals surface area contributed by atoms with Gasteiger partial charge in [-0.1, -0.05) is 11.6 Å². The van der Waals surface area contributed by atoms with Gasteiger partial charge >= 0.3 is 0 Å². The molecule has 2 aliphatic rings. The molecule has 1 N–H and O–H groups in total. The number of rotatable bonds is 3. The van der Waals surface area contributed by atoms with Crippen LogP contribution in [0.1, 0.15) is 12.0 Å². The number of hydrazine groups is 1. The molecule has 6 heteroatoms. The van der Waals surface area contributed by atoms with Crippen LogP contribution in [-0.2, 0) is 11.3 Å². The van der Waals surface area contributed by atoms with Gasteiger partial charge in [-0.25, -0.2) is 5.01 Å². The number of hydrogen-bond donors (Lipinski definition) is 1. The van der Waals surface area contributed by atoms with Crippen LogP contribution in [0.5, 0.6) is 11.5 Å². The van der Waals surface area contributed by atoms with Gasteiger partial charge in [0.05, 0.1) is 31.5 Å². The fraction of sp³-hybridized carbons (Fsp3) is 0.571. The van der Waals surface area contributed by atoms with Crippen molar-refractivity contribution in [2.24, 2.45) is 0 Å². The van der Waals surface area contributed by atoms with Crippen molar-refractivity contribution < 1.29 is 14.2 Å². The van der Waals surface area contributed by atoms with Crippen LogP contribution in [-0.4, -0.2) is 44.5 Å². The van der Waals surface area contributed by atoms with E-state index >= 15 is 0 Å². The SMILES string of the molecule is Clc1cc(CNN2CCOCC2)cc2c1OCCCO2. The molecule has 110 valence electrons. The molecule has 2 aliphatic heterocycles. The van der Waals surface area contributed by atoms with Gasteiger partial charge in [-0.15, -0.1) is 0 Å². The second-order valence-electron chi connectivity index (χ2n) is 4.89. The first-order valence-corrected chi connectivity index (χ1v) is 7.35. The molecule has 1 aromatic carbocycles. The van der Waals surface area contributed by atoms with Crippen molar-refractivity contribution in [3.8, 4) is 11.5 Å². The summed E-state index contributed by atoms with van der Waals surface area (Å²) in [6.45, 7) is 5.39. The van der Waals surface area contributed by atoms with E-state index in [-0.39, 0.29) is 0 Å². The second kappa shape index (κ2) is 6.63. The average molecular weight is 299 g/mol. The monoisotopic (exact) mass is 298 g/mol. The summed E-state index contributed by atoms with van der Waals surface area (Å²) in [5.41, 5.74) is 4.47. The number of nitrogens with zero attached hydrogens (tertiary/aromatic N) is 1. The van der Waals surface area contributed by atoms with E-state index in [1.165, 1.54) is 0 Å². The van der Waals surface area contributed by atoms with Crippen molar-refractivity contribution in [3.05, 3.63) is 22.7 Å². The molecule has 0 aromatic heterocycles. The Kier molecular flexibility index (Phi) is 4.62. The lowest BCUT2D eigenvalue weighted by Gasteiger charge is -2.27. The fourth-order valence-corrected chi connectivity index (χ4v) is 2.60. The lowest BCUT2D eigenvalue weighted by atomic mass is 10.2. The molecule has 0 unspecified atom stereocenters. The minimum Gasteiger partial charge on any atom is -0.489 e. The Hall–Kier alpha value is -1.01. The van der Waals surface area contributed by atoms with Gasteiger partial charge in [0.25, 0.3) is 0 Å². The van der Waals surface area contributed by atoms with Crippen molar-refractivity contribution in [2.45, 2.75) is 13.0 Å². The van der Waals surface area contributed by atoms with E-state index in [9.17, 15) is 0 Å². The number of benzene rings is 1. The molecular formula is C14H19ClN2O3. The number of nitrogens with one attached hydrogen (secondary N) is 1. The Balaban J connectivity index is 1.67. The molecule has 1 aromatic rings. The van der Waals surface area contributed by atoms with E-state index in [2.05, 4.69) is 10.4 Å². The van der Waals surface area contributed by atoms with Gasteiger partial charge in [0.2, 0.25) is 0 Å². The first-order valence-electron chi connectivity index (χ1n) is 6.97. The third kappa shape index (κ3) is 3.35. The minimum absolute atomic E-state index is 0.614. The van der Waals surface area contributed by atoms with Crippen LogP contribution in [0.3, 0.4) is 0 Å².